The summed E-state index contributed by atoms with van der Waals surface area (Å²) in [4.78, 5) is 0. The van der Waals surface area contributed by atoms with Gasteiger partial charge in [-0.25, -0.2) is 0 Å². The zero-order valence-corrected chi connectivity index (χ0v) is 7.35. The van der Waals surface area contributed by atoms with Gasteiger partial charge < -0.3 is 0 Å². The molecule has 0 aliphatic carbocycles. The summed E-state index contributed by atoms with van der Waals surface area (Å²) in [6.07, 6.45) is 0. The van der Waals surface area contributed by atoms with Gasteiger partial charge in [0.1, 0.15) is 0 Å². The molecule has 1 radical (unpaired) electrons. The zero-order valence-electron chi connectivity index (χ0n) is 6.53. The normalized spacial score (nSPS) is 9.33. The highest BCUT2D eigenvalue weighted by molar-refractivity contribution is 7.99. The Morgan fingerprint density at radius 2 is 1.89 bits per heavy atom. The minimum Gasteiger partial charge on any atom is -0.158 e. The summed E-state index contributed by atoms with van der Waals surface area (Å²) < 4.78 is 0. The maximum absolute atomic E-state index is 3.76. The minimum absolute atomic E-state index is 0.977. The highest BCUT2D eigenvalue weighted by Gasteiger charge is 1.89. The molecule has 0 atom stereocenters. The molecule has 0 fully saturated rings. The highest BCUT2D eigenvalue weighted by atomic mass is 32.2. The number of thioether (sulfide) groups is 1. The summed E-state index contributed by atoms with van der Waals surface area (Å²) in [6.45, 7) is 10.2. The third-order valence-electron chi connectivity index (χ3n) is 1.32. The van der Waals surface area contributed by atoms with Crippen LogP contribution in [0.4, 0.5) is 0 Å². The lowest BCUT2D eigenvalue weighted by Crippen LogP contribution is -1.84. The Morgan fingerprint density at radius 3 is 2.22 bits per heavy atom. The van der Waals surface area contributed by atoms with Crippen LogP contribution >= 0.6 is 11.8 Å². The summed E-state index contributed by atoms with van der Waals surface area (Å²) in [5.41, 5.74) is 2.93. The van der Waals surface area contributed by atoms with Crippen LogP contribution in [0.1, 0.15) is 20.8 Å². The summed E-state index contributed by atoms with van der Waals surface area (Å²) >= 11 is 1.88. The molecule has 0 saturated heterocycles. The molecule has 0 unspecified atom stereocenters. The van der Waals surface area contributed by atoms with E-state index >= 15 is 0 Å². The molecule has 0 bridgehead atoms. The van der Waals surface area contributed by atoms with Gasteiger partial charge in [0.25, 0.3) is 0 Å². The van der Waals surface area contributed by atoms with Crippen molar-refractivity contribution in [3.63, 3.8) is 0 Å². The molecule has 0 saturated carbocycles. The predicted octanol–water partition coefficient (Wildman–Crippen LogP) is 2.91. The molecule has 0 aliphatic heterocycles. The van der Waals surface area contributed by atoms with Crippen LogP contribution in [0, 0.1) is 6.92 Å². The van der Waals surface area contributed by atoms with Crippen molar-refractivity contribution in [3.05, 3.63) is 18.1 Å². The summed E-state index contributed by atoms with van der Waals surface area (Å²) in [5.74, 6) is 2.12. The molecular weight excluding hydrogens is 128 g/mol. The van der Waals surface area contributed by atoms with Gasteiger partial charge in [-0.3, -0.25) is 0 Å². The van der Waals surface area contributed by atoms with Crippen molar-refractivity contribution in [2.75, 3.05) is 11.5 Å². The Labute approximate surface area is 62.7 Å². The van der Waals surface area contributed by atoms with Gasteiger partial charge >= 0.3 is 0 Å². The second-order valence-corrected chi connectivity index (χ2v) is 3.44. The molecular formula is C8H15S. The number of hydrogen-bond acceptors (Lipinski definition) is 1. The molecule has 0 nitrogen and oxygen atoms in total. The van der Waals surface area contributed by atoms with Crippen molar-refractivity contribution >= 4 is 11.8 Å². The van der Waals surface area contributed by atoms with Gasteiger partial charge in [0.15, 0.2) is 0 Å². The Bertz CT molecular complexity index is 99.1. The van der Waals surface area contributed by atoms with Gasteiger partial charge in [0.05, 0.1) is 0 Å². The van der Waals surface area contributed by atoms with Gasteiger partial charge in [0.2, 0.25) is 0 Å². The largest absolute Gasteiger partial charge is 0.158 e. The Morgan fingerprint density at radius 1 is 1.33 bits per heavy atom. The molecule has 0 aromatic heterocycles. The van der Waals surface area contributed by atoms with E-state index in [4.69, 9.17) is 0 Å². The lowest BCUT2D eigenvalue weighted by atomic mass is 10.2. The number of allylic oxidation sites excluding steroid dienone is 1. The first kappa shape index (κ1) is 9.09. The third-order valence-corrected chi connectivity index (χ3v) is 2.24. The van der Waals surface area contributed by atoms with Crippen LogP contribution in [-0.2, 0) is 0 Å². The van der Waals surface area contributed by atoms with Gasteiger partial charge in [-0.15, -0.1) is 0 Å². The van der Waals surface area contributed by atoms with E-state index in [-0.39, 0.29) is 0 Å². The zero-order chi connectivity index (χ0) is 7.28. The average Bonchev–Trinajstić information content (AvgIpc) is 1.82. The second kappa shape index (κ2) is 4.92. The van der Waals surface area contributed by atoms with Gasteiger partial charge in [-0.1, -0.05) is 11.1 Å². The fraction of sp³-hybridized carbons (Fsp3) is 0.625. The smallest absolute Gasteiger partial charge is 0.0143 e. The molecule has 0 amide bonds. The maximum atomic E-state index is 3.76. The topological polar surface area (TPSA) is 0 Å². The lowest BCUT2D eigenvalue weighted by Gasteiger charge is -2.00. The number of hydrogen-bond donors (Lipinski definition) is 0. The first-order valence-corrected chi connectivity index (χ1v) is 4.34. The van der Waals surface area contributed by atoms with Crippen molar-refractivity contribution in [3.8, 4) is 0 Å². The fourth-order valence-electron chi connectivity index (χ4n) is 0.370. The van der Waals surface area contributed by atoms with Gasteiger partial charge in [0, 0.05) is 5.75 Å². The molecule has 0 heterocycles. The van der Waals surface area contributed by atoms with Gasteiger partial charge in [-0.05, 0) is 33.4 Å². The van der Waals surface area contributed by atoms with E-state index in [1.54, 1.807) is 0 Å². The van der Waals surface area contributed by atoms with E-state index in [1.165, 1.54) is 11.1 Å². The van der Waals surface area contributed by atoms with E-state index in [9.17, 15) is 0 Å². The Hall–Kier alpha value is 0.0900. The van der Waals surface area contributed by atoms with Crippen LogP contribution in [0.5, 0.6) is 0 Å². The van der Waals surface area contributed by atoms with Crippen LogP contribution in [0.3, 0.4) is 0 Å². The third kappa shape index (κ3) is 4.58. The van der Waals surface area contributed by atoms with Crippen molar-refractivity contribution in [1.29, 1.82) is 0 Å². The van der Waals surface area contributed by atoms with E-state index in [2.05, 4.69) is 27.7 Å². The quantitative estimate of drug-likeness (QED) is 0.547. The van der Waals surface area contributed by atoms with Crippen molar-refractivity contribution in [2.24, 2.45) is 0 Å². The summed E-state index contributed by atoms with van der Waals surface area (Å²) in [5, 5.41) is 0. The van der Waals surface area contributed by atoms with Crippen molar-refractivity contribution < 1.29 is 0 Å². The molecule has 0 aromatic carbocycles. The van der Waals surface area contributed by atoms with Gasteiger partial charge in [-0.2, -0.15) is 11.8 Å². The first-order valence-electron chi connectivity index (χ1n) is 3.18. The average molecular weight is 143 g/mol. The molecule has 53 valence electrons. The summed E-state index contributed by atoms with van der Waals surface area (Å²) in [6, 6.07) is 0. The van der Waals surface area contributed by atoms with Crippen LogP contribution in [0.2, 0.25) is 0 Å². The van der Waals surface area contributed by atoms with E-state index in [0.29, 0.717) is 0 Å². The fourth-order valence-corrected chi connectivity index (χ4v) is 1.11. The van der Waals surface area contributed by atoms with Crippen molar-refractivity contribution in [1.82, 2.24) is 0 Å². The number of rotatable bonds is 3. The highest BCUT2D eigenvalue weighted by Crippen LogP contribution is 2.09. The van der Waals surface area contributed by atoms with E-state index in [1.807, 2.05) is 11.8 Å². The summed E-state index contributed by atoms with van der Waals surface area (Å²) in [7, 11) is 0. The molecule has 0 aromatic rings. The molecule has 9 heavy (non-hydrogen) atoms. The second-order valence-electron chi connectivity index (χ2n) is 2.33. The van der Waals surface area contributed by atoms with Crippen molar-refractivity contribution in [2.45, 2.75) is 20.8 Å². The SMILES string of the molecule is [CH2]CSCC(C)=C(C)C. The first-order chi connectivity index (χ1) is 4.18. The molecule has 0 spiro atoms. The predicted molar refractivity (Wildman–Crippen MR) is 46.7 cm³/mol. The molecule has 0 N–H and O–H groups in total. The van der Waals surface area contributed by atoms with Crippen LogP contribution in [0.15, 0.2) is 11.1 Å². The standard InChI is InChI=1S/C8H15S/c1-5-9-6-8(4)7(2)3/h1,5-6H2,2-4H3. The van der Waals surface area contributed by atoms with E-state index < -0.39 is 0 Å². The molecule has 1 heteroatoms. The lowest BCUT2D eigenvalue weighted by molar-refractivity contribution is 1.24. The Kier molecular flexibility index (Phi) is 4.97. The maximum Gasteiger partial charge on any atom is 0.0143 e. The van der Waals surface area contributed by atoms with Crippen LogP contribution in [0.25, 0.3) is 0 Å². The minimum atomic E-state index is 0.977. The molecule has 0 rings (SSSR count). The monoisotopic (exact) mass is 143 g/mol. The molecule has 0 aliphatic rings. The Balaban J connectivity index is 3.50. The van der Waals surface area contributed by atoms with Crippen LogP contribution < -0.4 is 0 Å². The van der Waals surface area contributed by atoms with Crippen LogP contribution in [-0.4, -0.2) is 11.5 Å². The van der Waals surface area contributed by atoms with E-state index in [0.717, 1.165) is 11.5 Å².